The maximum absolute atomic E-state index is 13.8. The van der Waals surface area contributed by atoms with Gasteiger partial charge in [0.05, 0.1) is 11.3 Å². The minimum atomic E-state index is -0.944. The maximum atomic E-state index is 13.8. The highest BCUT2D eigenvalue weighted by Crippen LogP contribution is 2.33. The molecule has 5 rings (SSSR count). The Bertz CT molecular complexity index is 1090. The van der Waals surface area contributed by atoms with E-state index in [2.05, 4.69) is 14.8 Å². The van der Waals surface area contributed by atoms with Crippen LogP contribution in [0.1, 0.15) is 36.1 Å². The first kappa shape index (κ1) is 20.8. The Labute approximate surface area is 185 Å². The summed E-state index contributed by atoms with van der Waals surface area (Å²) in [4.78, 5) is 18.2. The molecule has 0 amide bonds. The van der Waals surface area contributed by atoms with E-state index in [0.29, 0.717) is 18.4 Å². The lowest BCUT2D eigenvalue weighted by molar-refractivity contribution is 0.238. The molecule has 6 nitrogen and oxygen atoms in total. The van der Waals surface area contributed by atoms with Crippen LogP contribution >= 0.6 is 0 Å². The second kappa shape index (κ2) is 9.16. The number of halogens is 2. The van der Waals surface area contributed by atoms with Gasteiger partial charge in [0.1, 0.15) is 5.75 Å². The van der Waals surface area contributed by atoms with Crippen molar-refractivity contribution < 1.29 is 13.5 Å². The molecule has 0 spiro atoms. The number of hydrogen-bond donors (Lipinski definition) is 0. The highest BCUT2D eigenvalue weighted by molar-refractivity contribution is 5.44. The van der Waals surface area contributed by atoms with Crippen molar-refractivity contribution in [3.63, 3.8) is 0 Å². The largest absolute Gasteiger partial charge is 0.438 e. The highest BCUT2D eigenvalue weighted by atomic mass is 19.2. The summed E-state index contributed by atoms with van der Waals surface area (Å²) in [5.74, 6) is -0.550. The molecule has 1 aromatic carbocycles. The Morgan fingerprint density at radius 2 is 1.72 bits per heavy atom. The highest BCUT2D eigenvalue weighted by Gasteiger charge is 2.26. The molecule has 32 heavy (non-hydrogen) atoms. The number of fused-ring (bicyclic) bond motifs is 1. The molecule has 0 bridgehead atoms. The van der Waals surface area contributed by atoms with Crippen LogP contribution in [-0.4, -0.2) is 39.5 Å². The first-order chi connectivity index (χ1) is 15.7. The quantitative estimate of drug-likeness (QED) is 0.586. The normalized spacial score (nSPS) is 16.6. The van der Waals surface area contributed by atoms with Crippen LogP contribution in [0.4, 0.5) is 14.7 Å². The van der Waals surface area contributed by atoms with Crippen molar-refractivity contribution in [1.29, 1.82) is 0 Å². The molecule has 2 aliphatic rings. The van der Waals surface area contributed by atoms with Gasteiger partial charge in [-0.25, -0.2) is 13.8 Å². The molecule has 8 heteroatoms. The maximum Gasteiger partial charge on any atom is 0.228 e. The fraction of sp³-hybridized carbons (Fsp3) is 0.375. The van der Waals surface area contributed by atoms with Gasteiger partial charge >= 0.3 is 0 Å². The molecule has 3 aromatic rings. The molecule has 0 aliphatic carbocycles. The minimum Gasteiger partial charge on any atom is -0.438 e. The molecule has 0 atom stereocenters. The molecular formula is C24H25F2N5O. The molecule has 0 saturated carbocycles. The van der Waals surface area contributed by atoms with Gasteiger partial charge in [0.15, 0.2) is 11.6 Å². The van der Waals surface area contributed by atoms with E-state index in [-0.39, 0.29) is 5.75 Å². The number of nitrogens with zero attached hydrogens (tertiary/aromatic N) is 5. The van der Waals surface area contributed by atoms with Crippen LogP contribution in [0.25, 0.3) is 0 Å². The lowest BCUT2D eigenvalue weighted by Crippen LogP contribution is -2.34. The van der Waals surface area contributed by atoms with E-state index in [1.807, 2.05) is 12.1 Å². The number of hydrogen-bond acceptors (Lipinski definition) is 6. The summed E-state index contributed by atoms with van der Waals surface area (Å²) in [6.07, 6.45) is 7.79. The molecule has 0 radical (unpaired) electrons. The average Bonchev–Trinajstić information content (AvgIpc) is 2.83. The molecule has 1 saturated heterocycles. The SMILES string of the molecule is Fc1ccc(Oc2nc(N3CCCCC3)nc3c2CN(Cc2ccncc2)CC3)cc1F. The zero-order chi connectivity index (χ0) is 21.9. The number of piperidine rings is 1. The summed E-state index contributed by atoms with van der Waals surface area (Å²) in [5.41, 5.74) is 3.04. The van der Waals surface area contributed by atoms with Crippen LogP contribution in [0.2, 0.25) is 0 Å². The van der Waals surface area contributed by atoms with Gasteiger partial charge in [0, 0.05) is 57.6 Å². The monoisotopic (exact) mass is 437 g/mol. The number of benzene rings is 1. The third-order valence-electron chi connectivity index (χ3n) is 5.99. The molecular weight excluding hydrogens is 412 g/mol. The van der Waals surface area contributed by atoms with Crippen molar-refractivity contribution in [2.75, 3.05) is 24.5 Å². The van der Waals surface area contributed by atoms with Gasteiger partial charge in [0.25, 0.3) is 0 Å². The Balaban J connectivity index is 1.46. The summed E-state index contributed by atoms with van der Waals surface area (Å²) in [6, 6.07) is 7.56. The number of anilines is 1. The van der Waals surface area contributed by atoms with Crippen molar-refractivity contribution in [1.82, 2.24) is 19.9 Å². The van der Waals surface area contributed by atoms with E-state index in [1.54, 1.807) is 12.4 Å². The van der Waals surface area contributed by atoms with E-state index < -0.39 is 11.6 Å². The first-order valence-electron chi connectivity index (χ1n) is 11.0. The van der Waals surface area contributed by atoms with E-state index in [4.69, 9.17) is 14.7 Å². The van der Waals surface area contributed by atoms with Crippen LogP contribution in [-0.2, 0) is 19.5 Å². The third-order valence-corrected chi connectivity index (χ3v) is 5.99. The van der Waals surface area contributed by atoms with Crippen LogP contribution < -0.4 is 9.64 Å². The molecule has 4 heterocycles. The average molecular weight is 437 g/mol. The predicted octanol–water partition coefficient (Wildman–Crippen LogP) is 4.49. The fourth-order valence-corrected chi connectivity index (χ4v) is 4.28. The number of rotatable bonds is 5. The molecule has 2 aliphatic heterocycles. The van der Waals surface area contributed by atoms with Crippen molar-refractivity contribution in [2.24, 2.45) is 0 Å². The summed E-state index contributed by atoms with van der Waals surface area (Å²) >= 11 is 0. The number of aromatic nitrogens is 3. The molecule has 2 aromatic heterocycles. The van der Waals surface area contributed by atoms with Gasteiger partial charge < -0.3 is 9.64 Å². The van der Waals surface area contributed by atoms with Crippen LogP contribution in [0.3, 0.4) is 0 Å². The lowest BCUT2D eigenvalue weighted by atomic mass is 10.1. The number of pyridine rings is 1. The molecule has 166 valence electrons. The van der Waals surface area contributed by atoms with Gasteiger partial charge in [0.2, 0.25) is 11.8 Å². The molecule has 1 fully saturated rings. The Morgan fingerprint density at radius 3 is 2.50 bits per heavy atom. The Hall–Kier alpha value is -3.13. The fourth-order valence-electron chi connectivity index (χ4n) is 4.28. The van der Waals surface area contributed by atoms with Gasteiger partial charge in [-0.05, 0) is 49.1 Å². The summed E-state index contributed by atoms with van der Waals surface area (Å²) in [7, 11) is 0. The summed E-state index contributed by atoms with van der Waals surface area (Å²) in [5, 5.41) is 0. The van der Waals surface area contributed by atoms with E-state index in [0.717, 1.165) is 68.8 Å². The van der Waals surface area contributed by atoms with Crippen LogP contribution in [0, 0.1) is 11.6 Å². The first-order valence-corrected chi connectivity index (χ1v) is 11.0. The standard InChI is InChI=1S/C24H25F2N5O/c25-20-5-4-18(14-21(20)26)32-23-19-16-30(15-17-6-9-27-10-7-17)13-8-22(19)28-24(29-23)31-11-2-1-3-12-31/h4-7,9-10,14H,1-3,8,11-13,15-16H2. The van der Waals surface area contributed by atoms with E-state index in [9.17, 15) is 8.78 Å². The van der Waals surface area contributed by atoms with Gasteiger partial charge in [-0.2, -0.15) is 4.98 Å². The van der Waals surface area contributed by atoms with E-state index >= 15 is 0 Å². The lowest BCUT2D eigenvalue weighted by Gasteiger charge is -2.31. The molecule has 0 N–H and O–H groups in total. The van der Waals surface area contributed by atoms with Gasteiger partial charge in [-0.3, -0.25) is 9.88 Å². The Morgan fingerprint density at radius 1 is 0.906 bits per heavy atom. The van der Waals surface area contributed by atoms with Gasteiger partial charge in [-0.15, -0.1) is 0 Å². The van der Waals surface area contributed by atoms with Crippen molar-refractivity contribution in [3.05, 3.63) is 71.2 Å². The van der Waals surface area contributed by atoms with Crippen LogP contribution in [0.5, 0.6) is 11.6 Å². The second-order valence-corrected chi connectivity index (χ2v) is 8.30. The van der Waals surface area contributed by atoms with Crippen LogP contribution in [0.15, 0.2) is 42.7 Å². The zero-order valence-electron chi connectivity index (χ0n) is 17.8. The van der Waals surface area contributed by atoms with Crippen molar-refractivity contribution >= 4 is 5.95 Å². The summed E-state index contributed by atoms with van der Waals surface area (Å²) in [6.45, 7) is 4.10. The van der Waals surface area contributed by atoms with Gasteiger partial charge in [-0.1, -0.05) is 0 Å². The number of ether oxygens (including phenoxy) is 1. The zero-order valence-corrected chi connectivity index (χ0v) is 17.8. The second-order valence-electron chi connectivity index (χ2n) is 8.30. The molecule has 0 unspecified atom stereocenters. The predicted molar refractivity (Wildman–Crippen MR) is 117 cm³/mol. The van der Waals surface area contributed by atoms with Crippen molar-refractivity contribution in [2.45, 2.75) is 38.8 Å². The smallest absolute Gasteiger partial charge is 0.228 e. The van der Waals surface area contributed by atoms with Crippen molar-refractivity contribution in [3.8, 4) is 11.6 Å². The summed E-state index contributed by atoms with van der Waals surface area (Å²) < 4.78 is 33.2. The van der Waals surface area contributed by atoms with E-state index in [1.165, 1.54) is 18.1 Å². The Kier molecular flexibility index (Phi) is 5.94. The minimum absolute atomic E-state index is 0.223. The third kappa shape index (κ3) is 4.55. The topological polar surface area (TPSA) is 54.4 Å².